The highest BCUT2D eigenvalue weighted by atomic mass is 16.3. The minimum atomic E-state index is -0.624. The van der Waals surface area contributed by atoms with Gasteiger partial charge in [0.25, 0.3) is 0 Å². The summed E-state index contributed by atoms with van der Waals surface area (Å²) in [4.78, 5) is 4.18. The molecule has 1 aliphatic rings. The van der Waals surface area contributed by atoms with Crippen molar-refractivity contribution in [2.24, 2.45) is 0 Å². The second kappa shape index (κ2) is 2.87. The largest absolute Gasteiger partial charge is 0.384 e. The molecule has 2 rings (SSSR count). The zero-order valence-corrected chi connectivity index (χ0v) is 7.03. The van der Waals surface area contributed by atoms with Gasteiger partial charge in [0.15, 0.2) is 0 Å². The van der Waals surface area contributed by atoms with Crippen LogP contribution in [0, 0.1) is 0 Å². The highest BCUT2D eigenvalue weighted by Gasteiger charge is 2.33. The van der Waals surface area contributed by atoms with Gasteiger partial charge in [-0.05, 0) is 25.0 Å². The van der Waals surface area contributed by atoms with E-state index in [-0.39, 0.29) is 0 Å². The van der Waals surface area contributed by atoms with Crippen LogP contribution in [0.3, 0.4) is 0 Å². The number of rotatable bonds is 1. The van der Waals surface area contributed by atoms with Gasteiger partial charge in [0.1, 0.15) is 5.60 Å². The second-order valence-electron chi connectivity index (χ2n) is 3.45. The van der Waals surface area contributed by atoms with Gasteiger partial charge in [-0.1, -0.05) is 18.9 Å². The van der Waals surface area contributed by atoms with Gasteiger partial charge in [0.05, 0.1) is 5.69 Å². The van der Waals surface area contributed by atoms with Crippen molar-refractivity contribution in [1.82, 2.24) is 4.98 Å². The quantitative estimate of drug-likeness (QED) is 0.685. The lowest BCUT2D eigenvalue weighted by atomic mass is 9.97. The first-order chi connectivity index (χ1) is 5.81. The highest BCUT2D eigenvalue weighted by molar-refractivity contribution is 5.14. The van der Waals surface area contributed by atoms with E-state index in [0.29, 0.717) is 0 Å². The third-order valence-electron chi connectivity index (χ3n) is 2.57. The molecular formula is C10H13NO. The van der Waals surface area contributed by atoms with Crippen molar-refractivity contribution >= 4 is 0 Å². The molecular weight excluding hydrogens is 150 g/mol. The molecule has 2 heteroatoms. The molecule has 1 heterocycles. The molecule has 12 heavy (non-hydrogen) atoms. The fourth-order valence-corrected chi connectivity index (χ4v) is 1.85. The Morgan fingerprint density at radius 2 is 2.00 bits per heavy atom. The molecule has 0 radical (unpaired) electrons. The predicted molar refractivity (Wildman–Crippen MR) is 46.6 cm³/mol. The lowest BCUT2D eigenvalue weighted by Gasteiger charge is -2.20. The van der Waals surface area contributed by atoms with E-state index in [1.807, 2.05) is 18.2 Å². The maximum absolute atomic E-state index is 10.1. The SMILES string of the molecule is OC1(c2ccccn2)CCCC1. The van der Waals surface area contributed by atoms with Crippen molar-refractivity contribution < 1.29 is 5.11 Å². The highest BCUT2D eigenvalue weighted by Crippen LogP contribution is 2.37. The predicted octanol–water partition coefficient (Wildman–Crippen LogP) is 1.84. The summed E-state index contributed by atoms with van der Waals surface area (Å²) in [7, 11) is 0. The third kappa shape index (κ3) is 1.23. The first-order valence-electron chi connectivity index (χ1n) is 4.45. The Hall–Kier alpha value is -0.890. The Morgan fingerprint density at radius 1 is 1.25 bits per heavy atom. The molecule has 1 fully saturated rings. The molecule has 0 spiro atoms. The minimum absolute atomic E-state index is 0.624. The Balaban J connectivity index is 2.29. The Labute approximate surface area is 72.3 Å². The summed E-state index contributed by atoms with van der Waals surface area (Å²) in [5, 5.41) is 10.1. The molecule has 1 N–H and O–H groups in total. The van der Waals surface area contributed by atoms with E-state index in [1.54, 1.807) is 6.20 Å². The number of aliphatic hydroxyl groups is 1. The zero-order valence-electron chi connectivity index (χ0n) is 7.03. The minimum Gasteiger partial charge on any atom is -0.384 e. The van der Waals surface area contributed by atoms with Gasteiger partial charge in [-0.25, -0.2) is 0 Å². The van der Waals surface area contributed by atoms with Crippen LogP contribution < -0.4 is 0 Å². The third-order valence-corrected chi connectivity index (χ3v) is 2.57. The summed E-state index contributed by atoms with van der Waals surface area (Å²) in [5.41, 5.74) is 0.212. The van der Waals surface area contributed by atoms with E-state index in [9.17, 15) is 5.11 Å². The molecule has 1 aromatic heterocycles. The van der Waals surface area contributed by atoms with Crippen molar-refractivity contribution in [3.05, 3.63) is 30.1 Å². The van der Waals surface area contributed by atoms with E-state index >= 15 is 0 Å². The molecule has 1 aromatic rings. The second-order valence-corrected chi connectivity index (χ2v) is 3.45. The average Bonchev–Trinajstić information content (AvgIpc) is 2.55. The molecule has 0 amide bonds. The topological polar surface area (TPSA) is 33.1 Å². The van der Waals surface area contributed by atoms with Crippen LogP contribution in [0.25, 0.3) is 0 Å². The Bertz CT molecular complexity index is 252. The average molecular weight is 163 g/mol. The molecule has 0 bridgehead atoms. The molecule has 0 saturated heterocycles. The first-order valence-corrected chi connectivity index (χ1v) is 4.45. The summed E-state index contributed by atoms with van der Waals surface area (Å²) in [6, 6.07) is 5.71. The van der Waals surface area contributed by atoms with E-state index in [1.165, 1.54) is 0 Å². The Kier molecular flexibility index (Phi) is 1.85. The van der Waals surface area contributed by atoms with Crippen molar-refractivity contribution in [3.8, 4) is 0 Å². The van der Waals surface area contributed by atoms with Crippen LogP contribution in [-0.4, -0.2) is 10.1 Å². The van der Waals surface area contributed by atoms with Crippen LogP contribution in [0.4, 0.5) is 0 Å². The van der Waals surface area contributed by atoms with Crippen LogP contribution in [0.5, 0.6) is 0 Å². The monoisotopic (exact) mass is 163 g/mol. The van der Waals surface area contributed by atoms with Gasteiger partial charge in [0, 0.05) is 6.20 Å². The number of nitrogens with zero attached hydrogens (tertiary/aromatic N) is 1. The van der Waals surface area contributed by atoms with Crippen molar-refractivity contribution in [1.29, 1.82) is 0 Å². The number of pyridine rings is 1. The Morgan fingerprint density at radius 3 is 2.58 bits per heavy atom. The smallest absolute Gasteiger partial charge is 0.106 e. The van der Waals surface area contributed by atoms with Gasteiger partial charge >= 0.3 is 0 Å². The number of hydrogen-bond acceptors (Lipinski definition) is 2. The number of hydrogen-bond donors (Lipinski definition) is 1. The first kappa shape index (κ1) is 7.74. The molecule has 0 aromatic carbocycles. The summed E-state index contributed by atoms with van der Waals surface area (Å²) in [6.45, 7) is 0. The van der Waals surface area contributed by atoms with E-state index in [4.69, 9.17) is 0 Å². The fourth-order valence-electron chi connectivity index (χ4n) is 1.85. The van der Waals surface area contributed by atoms with Gasteiger partial charge in [0.2, 0.25) is 0 Å². The van der Waals surface area contributed by atoms with E-state index in [0.717, 1.165) is 31.4 Å². The fraction of sp³-hybridized carbons (Fsp3) is 0.500. The zero-order chi connectivity index (χ0) is 8.44. The molecule has 0 unspecified atom stereocenters. The normalized spacial score (nSPS) is 21.1. The van der Waals surface area contributed by atoms with Crippen LogP contribution in [0.1, 0.15) is 31.4 Å². The molecule has 1 saturated carbocycles. The summed E-state index contributed by atoms with van der Waals surface area (Å²) < 4.78 is 0. The molecule has 0 atom stereocenters. The maximum atomic E-state index is 10.1. The van der Waals surface area contributed by atoms with E-state index in [2.05, 4.69) is 4.98 Å². The molecule has 2 nitrogen and oxygen atoms in total. The standard InChI is InChI=1S/C10H13NO/c12-10(6-2-3-7-10)9-5-1-4-8-11-9/h1,4-5,8,12H,2-3,6-7H2. The van der Waals surface area contributed by atoms with Crippen molar-refractivity contribution in [3.63, 3.8) is 0 Å². The van der Waals surface area contributed by atoms with Crippen LogP contribution in [0.2, 0.25) is 0 Å². The summed E-state index contributed by atoms with van der Waals surface area (Å²) in [5.74, 6) is 0. The summed E-state index contributed by atoms with van der Waals surface area (Å²) in [6.07, 6.45) is 5.71. The van der Waals surface area contributed by atoms with Crippen LogP contribution in [-0.2, 0) is 5.60 Å². The molecule has 64 valence electrons. The van der Waals surface area contributed by atoms with Gasteiger partial charge in [-0.2, -0.15) is 0 Å². The lowest BCUT2D eigenvalue weighted by Crippen LogP contribution is -2.22. The lowest BCUT2D eigenvalue weighted by molar-refractivity contribution is 0.0399. The maximum Gasteiger partial charge on any atom is 0.106 e. The summed E-state index contributed by atoms with van der Waals surface area (Å²) >= 11 is 0. The van der Waals surface area contributed by atoms with Gasteiger partial charge < -0.3 is 5.11 Å². The van der Waals surface area contributed by atoms with Gasteiger partial charge in [-0.3, -0.25) is 4.98 Å². The molecule has 0 aliphatic heterocycles. The molecule has 1 aliphatic carbocycles. The van der Waals surface area contributed by atoms with Crippen molar-refractivity contribution in [2.45, 2.75) is 31.3 Å². The van der Waals surface area contributed by atoms with Gasteiger partial charge in [-0.15, -0.1) is 0 Å². The van der Waals surface area contributed by atoms with E-state index < -0.39 is 5.60 Å². The van der Waals surface area contributed by atoms with Crippen LogP contribution >= 0.6 is 0 Å². The van der Waals surface area contributed by atoms with Crippen LogP contribution in [0.15, 0.2) is 24.4 Å². The van der Waals surface area contributed by atoms with Crippen molar-refractivity contribution in [2.75, 3.05) is 0 Å². The number of aromatic nitrogens is 1.